The number of rotatable bonds is 2. The summed E-state index contributed by atoms with van der Waals surface area (Å²) in [6.45, 7) is 8.56. The third-order valence-corrected chi connectivity index (χ3v) is 8.05. The van der Waals surface area contributed by atoms with Crippen molar-refractivity contribution in [3.63, 3.8) is 0 Å². The zero-order valence-corrected chi connectivity index (χ0v) is 16.0. The fourth-order valence-electron chi connectivity index (χ4n) is 5.87. The highest BCUT2D eigenvalue weighted by Crippen LogP contribution is 2.71. The molecule has 1 aliphatic heterocycles. The van der Waals surface area contributed by atoms with Crippen molar-refractivity contribution < 1.29 is 14.2 Å². The Morgan fingerprint density at radius 1 is 1.30 bits per heavy atom. The molecule has 2 aliphatic carbocycles. The highest BCUT2D eigenvalue weighted by atomic mass is 16.6. The van der Waals surface area contributed by atoms with Gasteiger partial charge in [0.2, 0.25) is 6.33 Å². The molecule has 7 heteroatoms. The molecule has 0 N–H and O–H groups in total. The second kappa shape index (κ2) is 5.16. The van der Waals surface area contributed by atoms with Crippen LogP contribution in [0, 0.1) is 26.9 Å². The quantitative estimate of drug-likeness (QED) is 0.463. The molecule has 1 aromatic heterocycles. The minimum atomic E-state index is -0.387. The smallest absolute Gasteiger partial charge is 0.303 e. The molecule has 1 spiro atoms. The molecule has 0 amide bonds. The normalized spacial score (nSPS) is 33.4. The van der Waals surface area contributed by atoms with Crippen LogP contribution >= 0.6 is 0 Å². The zero-order chi connectivity index (χ0) is 19.0. The van der Waals surface area contributed by atoms with E-state index in [1.54, 1.807) is 16.8 Å². The van der Waals surface area contributed by atoms with Crippen molar-refractivity contribution in [2.24, 2.45) is 16.7 Å². The minimum Gasteiger partial charge on any atom is -0.360 e. The Morgan fingerprint density at radius 3 is 2.63 bits per heavy atom. The number of nitro benzene ring substituents is 1. The Balaban J connectivity index is 1.47. The molecule has 0 saturated heterocycles. The Bertz CT molecular complexity index is 935. The predicted molar refractivity (Wildman–Crippen MR) is 97.2 cm³/mol. The van der Waals surface area contributed by atoms with E-state index in [9.17, 15) is 10.1 Å². The molecule has 3 aliphatic rings. The summed E-state index contributed by atoms with van der Waals surface area (Å²) in [5.74, 6) is 1.62. The van der Waals surface area contributed by atoms with Gasteiger partial charge in [0.1, 0.15) is 24.4 Å². The molecular weight excluding hydrogens is 344 g/mol. The first-order valence-electron chi connectivity index (χ1n) is 9.63. The van der Waals surface area contributed by atoms with Crippen LogP contribution in [0.3, 0.4) is 0 Å². The molecule has 27 heavy (non-hydrogen) atoms. The largest absolute Gasteiger partial charge is 0.360 e. The molecule has 142 valence electrons. The van der Waals surface area contributed by atoms with Crippen LogP contribution in [0.15, 0.2) is 30.6 Å². The van der Waals surface area contributed by atoms with Gasteiger partial charge in [0.25, 0.3) is 5.69 Å². The summed E-state index contributed by atoms with van der Waals surface area (Å²) in [4.78, 5) is 10.5. The van der Waals surface area contributed by atoms with Gasteiger partial charge < -0.3 is 4.74 Å². The summed E-state index contributed by atoms with van der Waals surface area (Å²) in [5, 5.41) is 15.5. The lowest BCUT2D eigenvalue weighted by molar-refractivity contribution is -0.736. The van der Waals surface area contributed by atoms with Gasteiger partial charge >= 0.3 is 5.82 Å². The molecule has 7 nitrogen and oxygen atoms in total. The second-order valence-electron chi connectivity index (χ2n) is 9.15. The van der Waals surface area contributed by atoms with E-state index in [0.29, 0.717) is 12.0 Å². The van der Waals surface area contributed by atoms with E-state index >= 15 is 0 Å². The Labute approximate surface area is 158 Å². The Hall–Kier alpha value is -2.28. The molecule has 1 aromatic carbocycles. The summed E-state index contributed by atoms with van der Waals surface area (Å²) in [6, 6.07) is 6.49. The van der Waals surface area contributed by atoms with E-state index in [1.807, 2.05) is 6.33 Å². The van der Waals surface area contributed by atoms with Gasteiger partial charge in [-0.1, -0.05) is 25.5 Å². The summed E-state index contributed by atoms with van der Waals surface area (Å²) in [6.07, 6.45) is 5.64. The van der Waals surface area contributed by atoms with Crippen molar-refractivity contribution in [1.29, 1.82) is 0 Å². The van der Waals surface area contributed by atoms with E-state index < -0.39 is 0 Å². The van der Waals surface area contributed by atoms with Crippen molar-refractivity contribution in [1.82, 2.24) is 9.78 Å². The minimum absolute atomic E-state index is 0.0859. The highest BCUT2D eigenvalue weighted by molar-refractivity contribution is 5.39. The number of nitro groups is 1. The first-order chi connectivity index (χ1) is 12.8. The lowest BCUT2D eigenvalue weighted by atomic mass is 9.64. The molecular formula is C20H25N4O3+. The van der Waals surface area contributed by atoms with Crippen LogP contribution in [0.25, 0.3) is 5.69 Å². The average molecular weight is 369 g/mol. The van der Waals surface area contributed by atoms with Crippen LogP contribution < -0.4 is 4.57 Å². The summed E-state index contributed by atoms with van der Waals surface area (Å²) in [7, 11) is 0. The average Bonchev–Trinajstić information content (AvgIpc) is 3.20. The van der Waals surface area contributed by atoms with Gasteiger partial charge in [-0.25, -0.2) is 4.57 Å². The molecule has 0 radical (unpaired) electrons. The number of nitrogens with zero attached hydrogens (tertiary/aromatic N) is 4. The number of hydrogen-bond donors (Lipinski definition) is 0. The van der Waals surface area contributed by atoms with E-state index in [0.717, 1.165) is 30.4 Å². The molecule has 2 fully saturated rings. The van der Waals surface area contributed by atoms with E-state index in [2.05, 4.69) is 30.4 Å². The maximum Gasteiger partial charge on any atom is 0.303 e. The predicted octanol–water partition coefficient (Wildman–Crippen LogP) is 3.18. The molecule has 2 heterocycles. The van der Waals surface area contributed by atoms with E-state index in [-0.39, 0.29) is 21.6 Å². The maximum absolute atomic E-state index is 10.9. The van der Waals surface area contributed by atoms with Crippen molar-refractivity contribution >= 4 is 5.69 Å². The SMILES string of the molecule is CC1(C)[C@@H]2CC[C@@]1(C)[C@]1(C2)C[n+]2cn(-c3ccc([N+](=O)[O-])cc3)nc2CO1. The van der Waals surface area contributed by atoms with Gasteiger partial charge in [0.05, 0.1) is 4.92 Å². The topological polar surface area (TPSA) is 74.1 Å². The lowest BCUT2D eigenvalue weighted by Crippen LogP contribution is -2.61. The van der Waals surface area contributed by atoms with Crippen molar-refractivity contribution in [3.8, 4) is 5.69 Å². The fraction of sp³-hybridized carbons (Fsp3) is 0.600. The number of hydrogen-bond acceptors (Lipinski definition) is 4. The van der Waals surface area contributed by atoms with Crippen LogP contribution in [-0.4, -0.2) is 20.3 Å². The number of non-ortho nitro benzene ring substituents is 1. The van der Waals surface area contributed by atoms with E-state index in [1.165, 1.54) is 25.0 Å². The van der Waals surface area contributed by atoms with Crippen LogP contribution in [0.5, 0.6) is 0 Å². The standard InChI is InChI=1S/C20H25N4O3/c1-18(2)14-8-9-19(18,3)20(10-14)12-22-13-23(21-17(22)11-27-20)15-4-6-16(7-5-15)24(25)26/h4-7,13-14H,8-12H2,1-3H3/q+1/t14-,19-,20+/m1/s1. The van der Waals surface area contributed by atoms with E-state index in [4.69, 9.17) is 4.74 Å². The van der Waals surface area contributed by atoms with Gasteiger partial charge in [-0.3, -0.25) is 10.1 Å². The summed E-state index contributed by atoms with van der Waals surface area (Å²) < 4.78 is 10.5. The number of ether oxygens (including phenoxy) is 1. The molecule has 3 atom stereocenters. The third-order valence-electron chi connectivity index (χ3n) is 8.05. The van der Waals surface area contributed by atoms with Crippen molar-refractivity contribution in [2.75, 3.05) is 0 Å². The van der Waals surface area contributed by atoms with Gasteiger partial charge in [-0.05, 0) is 42.7 Å². The molecule has 0 unspecified atom stereocenters. The van der Waals surface area contributed by atoms with Crippen LogP contribution in [0.2, 0.25) is 0 Å². The van der Waals surface area contributed by atoms with Gasteiger partial charge in [-0.2, -0.15) is 0 Å². The fourth-order valence-corrected chi connectivity index (χ4v) is 5.87. The number of benzene rings is 1. The highest BCUT2D eigenvalue weighted by Gasteiger charge is 2.71. The van der Waals surface area contributed by atoms with Gasteiger partial charge in [0, 0.05) is 22.6 Å². The summed E-state index contributed by atoms with van der Waals surface area (Å²) in [5.41, 5.74) is 1.24. The lowest BCUT2D eigenvalue weighted by Gasteiger charge is -2.48. The monoisotopic (exact) mass is 369 g/mol. The first-order valence-corrected chi connectivity index (χ1v) is 9.63. The Kier molecular flexibility index (Phi) is 3.22. The molecule has 2 bridgehead atoms. The van der Waals surface area contributed by atoms with Crippen molar-refractivity contribution in [3.05, 3.63) is 46.5 Å². The molecule has 2 aromatic rings. The number of aromatic nitrogens is 3. The van der Waals surface area contributed by atoms with Gasteiger partial charge in [0.15, 0.2) is 0 Å². The molecule has 5 rings (SSSR count). The third kappa shape index (κ3) is 2.06. The van der Waals surface area contributed by atoms with Crippen LogP contribution in [0.4, 0.5) is 5.69 Å². The molecule has 2 saturated carbocycles. The maximum atomic E-state index is 10.9. The Morgan fingerprint density at radius 2 is 2.04 bits per heavy atom. The van der Waals surface area contributed by atoms with Crippen LogP contribution in [0.1, 0.15) is 45.9 Å². The first kappa shape index (κ1) is 16.9. The summed E-state index contributed by atoms with van der Waals surface area (Å²) >= 11 is 0. The van der Waals surface area contributed by atoms with Crippen LogP contribution in [-0.2, 0) is 17.9 Å². The second-order valence-corrected chi connectivity index (χ2v) is 9.15. The van der Waals surface area contributed by atoms with Crippen molar-refractivity contribution in [2.45, 2.75) is 58.8 Å². The number of fused-ring (bicyclic) bond motifs is 4. The zero-order valence-electron chi connectivity index (χ0n) is 16.0. The van der Waals surface area contributed by atoms with Gasteiger partial charge in [-0.15, -0.1) is 0 Å².